The summed E-state index contributed by atoms with van der Waals surface area (Å²) in [6.45, 7) is -1.09. The standard InChI is InChI=1S/C20H27N3O12/c1-31-18(30)8-2-4-9(5-3-8)32-19-16(29)14(27)17(10(33-19)6-22-23-21)35-20-15(28)13(26)12(25)11(7-24)34-20/h2-5,10-17,19-20,24-29H,6-7H2,1H3/t10-,11-,12+,13+,14-,15-,16-,17-,19-,20+/m1/s1. The zero-order valence-electron chi connectivity index (χ0n) is 18.5. The van der Waals surface area contributed by atoms with Gasteiger partial charge in [-0.15, -0.1) is 0 Å². The van der Waals surface area contributed by atoms with Gasteiger partial charge in [-0.2, -0.15) is 0 Å². The van der Waals surface area contributed by atoms with Crippen LogP contribution in [0.15, 0.2) is 29.4 Å². The second kappa shape index (κ2) is 11.9. The van der Waals surface area contributed by atoms with E-state index in [4.69, 9.17) is 24.5 Å². The number of azide groups is 1. The van der Waals surface area contributed by atoms with Crippen LogP contribution in [0.2, 0.25) is 0 Å². The van der Waals surface area contributed by atoms with Crippen LogP contribution in [0.3, 0.4) is 0 Å². The monoisotopic (exact) mass is 501 g/mol. The predicted molar refractivity (Wildman–Crippen MR) is 112 cm³/mol. The number of esters is 1. The maximum Gasteiger partial charge on any atom is 0.337 e. The molecule has 1 aromatic rings. The van der Waals surface area contributed by atoms with E-state index in [1.165, 1.54) is 31.4 Å². The Bertz CT molecular complexity index is 896. The molecule has 0 aromatic heterocycles. The summed E-state index contributed by atoms with van der Waals surface area (Å²) in [4.78, 5) is 14.2. The van der Waals surface area contributed by atoms with Gasteiger partial charge < -0.3 is 54.3 Å². The zero-order valence-corrected chi connectivity index (χ0v) is 18.5. The second-order valence-electron chi connectivity index (χ2n) is 7.87. The lowest BCUT2D eigenvalue weighted by molar-refractivity contribution is -0.349. The van der Waals surface area contributed by atoms with Crippen molar-refractivity contribution in [2.75, 3.05) is 20.3 Å². The average molecular weight is 501 g/mol. The maximum atomic E-state index is 11.6. The topological polar surface area (TPSA) is 233 Å². The lowest BCUT2D eigenvalue weighted by Crippen LogP contribution is -2.65. The molecule has 2 fully saturated rings. The first kappa shape index (κ1) is 27.0. The maximum absolute atomic E-state index is 11.6. The van der Waals surface area contributed by atoms with Crippen LogP contribution in [0.25, 0.3) is 10.4 Å². The fraction of sp³-hybridized carbons (Fsp3) is 0.650. The number of nitrogens with zero attached hydrogens (tertiary/aromatic N) is 3. The molecule has 0 radical (unpaired) electrons. The van der Waals surface area contributed by atoms with Gasteiger partial charge in [-0.25, -0.2) is 4.79 Å². The van der Waals surface area contributed by atoms with Gasteiger partial charge in [-0.05, 0) is 29.8 Å². The van der Waals surface area contributed by atoms with Gasteiger partial charge in [0.2, 0.25) is 6.29 Å². The molecule has 0 amide bonds. The highest BCUT2D eigenvalue weighted by Gasteiger charge is 2.51. The van der Waals surface area contributed by atoms with Crippen LogP contribution < -0.4 is 4.74 Å². The van der Waals surface area contributed by atoms with E-state index in [2.05, 4.69) is 14.8 Å². The van der Waals surface area contributed by atoms with Gasteiger partial charge in [0.15, 0.2) is 6.29 Å². The van der Waals surface area contributed by atoms with Crippen LogP contribution >= 0.6 is 0 Å². The number of benzene rings is 1. The van der Waals surface area contributed by atoms with E-state index in [9.17, 15) is 35.4 Å². The van der Waals surface area contributed by atoms with Crippen molar-refractivity contribution in [1.82, 2.24) is 0 Å². The summed E-state index contributed by atoms with van der Waals surface area (Å²) >= 11 is 0. The molecule has 3 rings (SSSR count). The number of hydrogen-bond donors (Lipinski definition) is 6. The van der Waals surface area contributed by atoms with E-state index in [0.29, 0.717) is 0 Å². The van der Waals surface area contributed by atoms with Crippen LogP contribution in [-0.2, 0) is 18.9 Å². The summed E-state index contributed by atoms with van der Waals surface area (Å²) in [5.41, 5.74) is 8.96. The molecule has 0 bridgehead atoms. The first-order valence-electron chi connectivity index (χ1n) is 10.5. The molecule has 2 heterocycles. The van der Waals surface area contributed by atoms with Crippen LogP contribution in [0.4, 0.5) is 0 Å². The molecule has 1 aromatic carbocycles. The molecule has 2 saturated heterocycles. The van der Waals surface area contributed by atoms with Crippen molar-refractivity contribution in [3.05, 3.63) is 40.3 Å². The molecule has 2 aliphatic heterocycles. The van der Waals surface area contributed by atoms with Gasteiger partial charge >= 0.3 is 5.97 Å². The lowest BCUT2D eigenvalue weighted by atomic mass is 9.96. The summed E-state index contributed by atoms with van der Waals surface area (Å²) in [6.07, 6.45) is -15.6. The van der Waals surface area contributed by atoms with Crippen LogP contribution in [-0.4, -0.2) is 118 Å². The molecular weight excluding hydrogens is 474 g/mol. The number of methoxy groups -OCH3 is 1. The summed E-state index contributed by atoms with van der Waals surface area (Å²) < 4.78 is 26.7. The Morgan fingerprint density at radius 2 is 1.60 bits per heavy atom. The molecular formula is C20H27N3O12. The van der Waals surface area contributed by atoms with Gasteiger partial charge in [-0.1, -0.05) is 5.11 Å². The van der Waals surface area contributed by atoms with Crippen LogP contribution in [0.1, 0.15) is 10.4 Å². The number of hydrogen-bond acceptors (Lipinski definition) is 13. The van der Waals surface area contributed by atoms with Gasteiger partial charge in [0.25, 0.3) is 0 Å². The molecule has 15 nitrogen and oxygen atoms in total. The average Bonchev–Trinajstić information content (AvgIpc) is 2.87. The van der Waals surface area contributed by atoms with E-state index >= 15 is 0 Å². The van der Waals surface area contributed by atoms with E-state index in [0.717, 1.165) is 0 Å². The molecule has 15 heteroatoms. The predicted octanol–water partition coefficient (Wildman–Crippen LogP) is -2.21. The molecule has 35 heavy (non-hydrogen) atoms. The Morgan fingerprint density at radius 1 is 0.971 bits per heavy atom. The van der Waals surface area contributed by atoms with Crippen LogP contribution in [0.5, 0.6) is 5.75 Å². The highest BCUT2D eigenvalue weighted by Crippen LogP contribution is 2.30. The van der Waals surface area contributed by atoms with Gasteiger partial charge in [-0.3, -0.25) is 0 Å². The zero-order chi connectivity index (χ0) is 25.7. The molecule has 0 saturated carbocycles. The van der Waals surface area contributed by atoms with Crippen molar-refractivity contribution in [2.45, 2.75) is 61.4 Å². The fourth-order valence-electron chi connectivity index (χ4n) is 3.69. The third kappa shape index (κ3) is 5.99. The summed E-state index contributed by atoms with van der Waals surface area (Å²) in [7, 11) is 1.23. The molecule has 2 aliphatic rings. The van der Waals surface area contributed by atoms with Crippen LogP contribution in [0, 0.1) is 0 Å². The van der Waals surface area contributed by atoms with Gasteiger partial charge in [0, 0.05) is 4.91 Å². The third-order valence-electron chi connectivity index (χ3n) is 5.63. The highest BCUT2D eigenvalue weighted by molar-refractivity contribution is 5.89. The first-order chi connectivity index (χ1) is 16.7. The van der Waals surface area contributed by atoms with Crippen molar-refractivity contribution in [3.63, 3.8) is 0 Å². The Kier molecular flexibility index (Phi) is 9.21. The summed E-state index contributed by atoms with van der Waals surface area (Å²) in [6, 6.07) is 5.64. The van der Waals surface area contributed by atoms with Crippen molar-refractivity contribution < 1.29 is 59.1 Å². The normalized spacial score (nSPS) is 37.2. The number of aliphatic hydroxyl groups excluding tert-OH is 6. The molecule has 0 unspecified atom stereocenters. The molecule has 0 aliphatic carbocycles. The Balaban J connectivity index is 1.76. The van der Waals surface area contributed by atoms with Crippen molar-refractivity contribution in [1.29, 1.82) is 0 Å². The SMILES string of the molecule is COC(=O)c1ccc(O[C@@H]2O[C@H](CN=[N+]=[N-])[C@@H](O[C@@H]3O[C@H](CO)[C@H](O)[C@H](O)[C@H]3O)[C@H](O)[C@H]2O)cc1. The molecule has 10 atom stereocenters. The summed E-state index contributed by atoms with van der Waals surface area (Å²) in [5.74, 6) is -0.395. The highest BCUT2D eigenvalue weighted by atomic mass is 16.7. The number of aliphatic hydroxyl groups is 6. The minimum atomic E-state index is -1.78. The smallest absolute Gasteiger partial charge is 0.337 e. The van der Waals surface area contributed by atoms with E-state index in [1.54, 1.807) is 0 Å². The number of carbonyl (C=O) groups is 1. The van der Waals surface area contributed by atoms with Crippen molar-refractivity contribution >= 4 is 5.97 Å². The Labute approximate surface area is 198 Å². The van der Waals surface area contributed by atoms with E-state index in [-0.39, 0.29) is 17.9 Å². The van der Waals surface area contributed by atoms with Gasteiger partial charge in [0.1, 0.15) is 48.5 Å². The largest absolute Gasteiger partial charge is 0.465 e. The molecule has 0 spiro atoms. The Hall–Kier alpha value is -2.56. The van der Waals surface area contributed by atoms with Crippen molar-refractivity contribution in [3.8, 4) is 5.75 Å². The minimum absolute atomic E-state index is 0.171. The van der Waals surface area contributed by atoms with E-state index in [1.807, 2.05) is 0 Å². The third-order valence-corrected chi connectivity index (χ3v) is 5.63. The number of rotatable bonds is 8. The first-order valence-corrected chi connectivity index (χ1v) is 10.5. The summed E-state index contributed by atoms with van der Waals surface area (Å²) in [5, 5.41) is 64.2. The Morgan fingerprint density at radius 3 is 2.20 bits per heavy atom. The number of ether oxygens (including phenoxy) is 5. The quantitative estimate of drug-likeness (QED) is 0.0963. The van der Waals surface area contributed by atoms with E-state index < -0.39 is 74.0 Å². The lowest BCUT2D eigenvalue weighted by Gasteiger charge is -2.46. The molecule has 6 N–H and O–H groups in total. The minimum Gasteiger partial charge on any atom is -0.465 e. The second-order valence-corrected chi connectivity index (χ2v) is 7.87. The van der Waals surface area contributed by atoms with Crippen molar-refractivity contribution in [2.24, 2.45) is 5.11 Å². The number of carbonyl (C=O) groups excluding carboxylic acids is 1. The molecule has 194 valence electrons. The fourth-order valence-corrected chi connectivity index (χ4v) is 3.69. The van der Waals surface area contributed by atoms with Gasteiger partial charge in [0.05, 0.1) is 31.9 Å².